The van der Waals surface area contributed by atoms with Gasteiger partial charge in [-0.25, -0.2) is 0 Å². The number of nitrogens with zero attached hydrogens (tertiary/aromatic N) is 1. The third-order valence-corrected chi connectivity index (χ3v) is 3.55. The quantitative estimate of drug-likeness (QED) is 0.207. The van der Waals surface area contributed by atoms with Crippen molar-refractivity contribution in [1.29, 1.82) is 0 Å². The minimum absolute atomic E-state index is 0.932. The third-order valence-electron chi connectivity index (χ3n) is 3.55. The van der Waals surface area contributed by atoms with Gasteiger partial charge in [0.15, 0.2) is 0 Å². The van der Waals surface area contributed by atoms with Gasteiger partial charge < -0.3 is 4.90 Å². The van der Waals surface area contributed by atoms with Crippen molar-refractivity contribution in [2.24, 2.45) is 0 Å². The van der Waals surface area contributed by atoms with Gasteiger partial charge in [-0.3, -0.25) is 0 Å². The van der Waals surface area contributed by atoms with E-state index < -0.39 is 0 Å². The van der Waals surface area contributed by atoms with Crippen molar-refractivity contribution in [3.05, 3.63) is 117 Å². The highest BCUT2D eigenvalue weighted by molar-refractivity contribution is 5.64. The van der Waals surface area contributed by atoms with E-state index in [9.17, 15) is 0 Å². The van der Waals surface area contributed by atoms with Crippen molar-refractivity contribution >= 4 is 5.69 Å². The SMILES string of the molecule is C=C/C=C(\C=C)N(/C(C=C)=C/C=C)c1cccc(CCCC=C)c1.CC.CCC. The summed E-state index contributed by atoms with van der Waals surface area (Å²) in [5, 5.41) is 0. The van der Waals surface area contributed by atoms with Gasteiger partial charge in [0.25, 0.3) is 0 Å². The summed E-state index contributed by atoms with van der Waals surface area (Å²) < 4.78 is 0. The van der Waals surface area contributed by atoms with Gasteiger partial charge in [0, 0.05) is 17.1 Å². The van der Waals surface area contributed by atoms with Crippen LogP contribution in [0.1, 0.15) is 52.5 Å². The summed E-state index contributed by atoms with van der Waals surface area (Å²) in [4.78, 5) is 2.10. The molecule has 0 aliphatic carbocycles. The van der Waals surface area contributed by atoms with Gasteiger partial charge in [-0.05, 0) is 61.3 Å². The van der Waals surface area contributed by atoms with Gasteiger partial charge in [-0.1, -0.05) is 90.8 Å². The van der Waals surface area contributed by atoms with E-state index in [2.05, 4.69) is 75.9 Å². The molecule has 0 unspecified atom stereocenters. The Bertz CT molecular complexity index is 643. The first kappa shape index (κ1) is 28.4. The van der Waals surface area contributed by atoms with E-state index in [0.29, 0.717) is 0 Å². The number of aryl methyl sites for hydroxylation is 1. The van der Waals surface area contributed by atoms with E-state index in [1.54, 1.807) is 12.2 Å². The molecule has 0 spiro atoms. The van der Waals surface area contributed by atoms with Crippen LogP contribution in [0.2, 0.25) is 0 Å². The lowest BCUT2D eigenvalue weighted by Gasteiger charge is -2.27. The number of rotatable bonds is 11. The average molecular weight is 392 g/mol. The normalized spacial score (nSPS) is 10.3. The fraction of sp³-hybridized carbons (Fsp3) is 0.286. The van der Waals surface area contributed by atoms with Crippen molar-refractivity contribution in [1.82, 2.24) is 0 Å². The van der Waals surface area contributed by atoms with Crippen LogP contribution in [0.3, 0.4) is 0 Å². The molecule has 0 aromatic heterocycles. The first-order chi connectivity index (χ1) is 14.1. The molecular formula is C28H41N. The van der Waals surface area contributed by atoms with Crippen LogP contribution in [0.4, 0.5) is 5.69 Å². The van der Waals surface area contributed by atoms with Crippen molar-refractivity contribution in [2.75, 3.05) is 4.90 Å². The highest BCUT2D eigenvalue weighted by atomic mass is 15.1. The van der Waals surface area contributed by atoms with Gasteiger partial charge in [0.1, 0.15) is 0 Å². The zero-order chi connectivity index (χ0) is 22.5. The Morgan fingerprint density at radius 1 is 0.897 bits per heavy atom. The number of allylic oxidation sites excluding steroid dienone is 7. The number of unbranched alkanes of at least 4 members (excludes halogenated alkanes) is 1. The summed E-state index contributed by atoms with van der Waals surface area (Å²) in [7, 11) is 0. The van der Waals surface area contributed by atoms with E-state index >= 15 is 0 Å². The lowest BCUT2D eigenvalue weighted by Crippen LogP contribution is -2.19. The summed E-state index contributed by atoms with van der Waals surface area (Å²) >= 11 is 0. The molecule has 0 N–H and O–H groups in total. The van der Waals surface area contributed by atoms with Crippen LogP contribution in [0.5, 0.6) is 0 Å². The second kappa shape index (κ2) is 19.9. The fourth-order valence-electron chi connectivity index (χ4n) is 2.46. The summed E-state index contributed by atoms with van der Waals surface area (Å²) in [5.41, 5.74) is 4.22. The molecule has 0 aliphatic heterocycles. The van der Waals surface area contributed by atoms with Crippen LogP contribution in [0, 0.1) is 0 Å². The monoisotopic (exact) mass is 391 g/mol. The maximum Gasteiger partial charge on any atom is 0.0464 e. The molecule has 158 valence electrons. The van der Waals surface area contributed by atoms with Crippen LogP contribution in [0.25, 0.3) is 0 Å². The maximum atomic E-state index is 3.93. The zero-order valence-corrected chi connectivity index (χ0v) is 19.2. The highest BCUT2D eigenvalue weighted by Crippen LogP contribution is 2.27. The fourth-order valence-corrected chi connectivity index (χ4v) is 2.46. The number of anilines is 1. The average Bonchev–Trinajstić information content (AvgIpc) is 2.75. The molecule has 0 saturated heterocycles. The van der Waals surface area contributed by atoms with Gasteiger partial charge in [-0.15, -0.1) is 6.58 Å². The molecule has 1 rings (SSSR count). The third kappa shape index (κ3) is 11.6. The van der Waals surface area contributed by atoms with Crippen LogP contribution in [-0.4, -0.2) is 0 Å². The predicted octanol–water partition coefficient (Wildman–Crippen LogP) is 8.96. The van der Waals surface area contributed by atoms with Crippen molar-refractivity contribution in [2.45, 2.75) is 53.4 Å². The molecule has 1 aromatic rings. The first-order valence-corrected chi connectivity index (χ1v) is 10.5. The van der Waals surface area contributed by atoms with Crippen LogP contribution >= 0.6 is 0 Å². The summed E-state index contributed by atoms with van der Waals surface area (Å²) in [6.45, 7) is 27.5. The van der Waals surface area contributed by atoms with E-state index in [0.717, 1.165) is 36.3 Å². The van der Waals surface area contributed by atoms with E-state index in [1.807, 2.05) is 44.2 Å². The topological polar surface area (TPSA) is 3.24 Å². The molecule has 0 radical (unpaired) electrons. The Kier molecular flexibility index (Phi) is 19.5. The van der Waals surface area contributed by atoms with Crippen LogP contribution < -0.4 is 4.90 Å². The van der Waals surface area contributed by atoms with E-state index in [1.165, 1.54) is 12.0 Å². The summed E-state index contributed by atoms with van der Waals surface area (Å²) in [6, 6.07) is 8.51. The lowest BCUT2D eigenvalue weighted by atomic mass is 10.1. The second-order valence-electron chi connectivity index (χ2n) is 5.96. The molecule has 0 amide bonds. The molecule has 1 heteroatoms. The number of hydrogen-bond acceptors (Lipinski definition) is 1. The van der Waals surface area contributed by atoms with Gasteiger partial charge in [0.2, 0.25) is 0 Å². The number of benzene rings is 1. The molecule has 0 heterocycles. The van der Waals surface area contributed by atoms with Gasteiger partial charge in [0.05, 0.1) is 0 Å². The Morgan fingerprint density at radius 3 is 1.83 bits per heavy atom. The Hall–Kier alpha value is -2.80. The predicted molar refractivity (Wildman–Crippen MR) is 136 cm³/mol. The summed E-state index contributed by atoms with van der Waals surface area (Å²) in [6.07, 6.45) is 17.4. The Labute approximate surface area is 180 Å². The molecule has 0 atom stereocenters. The molecule has 1 aromatic carbocycles. The standard InChI is InChI=1S/C23H27N.C3H8.C2H6/c1-6-11-12-16-20-17-13-18-23(19-20)24(21(9-4)14-7-2)22(10-5)15-8-3;1-3-2;1-2/h6-10,13-15,17-19H,1-5,11-12,16H2;3H2,1-2H3;1-2H3/b21-14+,22-15+;;. The molecular weight excluding hydrogens is 350 g/mol. The maximum absolute atomic E-state index is 3.93. The second-order valence-corrected chi connectivity index (χ2v) is 5.96. The molecule has 0 fully saturated rings. The molecule has 0 saturated carbocycles. The first-order valence-electron chi connectivity index (χ1n) is 10.5. The zero-order valence-electron chi connectivity index (χ0n) is 19.2. The van der Waals surface area contributed by atoms with Crippen LogP contribution in [0.15, 0.2) is 111 Å². The summed E-state index contributed by atoms with van der Waals surface area (Å²) in [5.74, 6) is 0. The van der Waals surface area contributed by atoms with E-state index in [-0.39, 0.29) is 0 Å². The minimum atomic E-state index is 0.932. The number of hydrogen-bond donors (Lipinski definition) is 0. The molecule has 29 heavy (non-hydrogen) atoms. The molecule has 1 nitrogen and oxygen atoms in total. The highest BCUT2D eigenvalue weighted by Gasteiger charge is 2.13. The van der Waals surface area contributed by atoms with Crippen molar-refractivity contribution in [3.63, 3.8) is 0 Å². The lowest BCUT2D eigenvalue weighted by molar-refractivity contribution is 0.844. The smallest absolute Gasteiger partial charge is 0.0464 e. The van der Waals surface area contributed by atoms with Crippen LogP contribution in [-0.2, 0) is 6.42 Å². The van der Waals surface area contributed by atoms with E-state index in [4.69, 9.17) is 0 Å². The van der Waals surface area contributed by atoms with Gasteiger partial charge in [-0.2, -0.15) is 0 Å². The Balaban J connectivity index is 0. The Morgan fingerprint density at radius 2 is 1.41 bits per heavy atom. The molecule has 0 aliphatic rings. The largest absolute Gasteiger partial charge is 0.311 e. The molecule has 0 bridgehead atoms. The van der Waals surface area contributed by atoms with Crippen molar-refractivity contribution in [3.8, 4) is 0 Å². The van der Waals surface area contributed by atoms with Gasteiger partial charge >= 0.3 is 0 Å². The minimum Gasteiger partial charge on any atom is -0.311 e. The van der Waals surface area contributed by atoms with Crippen molar-refractivity contribution < 1.29 is 0 Å².